The second-order valence-corrected chi connectivity index (χ2v) is 5.05. The van der Waals surface area contributed by atoms with Gasteiger partial charge in [-0.3, -0.25) is 0 Å². The van der Waals surface area contributed by atoms with E-state index >= 15 is 0 Å². The second-order valence-electron chi connectivity index (χ2n) is 4.62. The zero-order valence-corrected chi connectivity index (χ0v) is 11.8. The van der Waals surface area contributed by atoms with Gasteiger partial charge in [-0.15, -0.1) is 0 Å². The van der Waals surface area contributed by atoms with E-state index < -0.39 is 0 Å². The quantitative estimate of drug-likeness (QED) is 0.837. The molecule has 2 rings (SSSR count). The third-order valence-electron chi connectivity index (χ3n) is 2.99. The SMILES string of the molecule is Cc1ccc(C#N)c(N(C)Cc2cccc(Cl)c2)c1. The fourth-order valence-corrected chi connectivity index (χ4v) is 2.26. The third-order valence-corrected chi connectivity index (χ3v) is 3.23. The molecule has 0 saturated heterocycles. The number of rotatable bonds is 3. The fraction of sp³-hybridized carbons (Fsp3) is 0.188. The predicted molar refractivity (Wildman–Crippen MR) is 79.5 cm³/mol. The first-order chi connectivity index (χ1) is 9.10. The van der Waals surface area contributed by atoms with Gasteiger partial charge >= 0.3 is 0 Å². The number of benzene rings is 2. The van der Waals surface area contributed by atoms with Crippen molar-refractivity contribution >= 4 is 17.3 Å². The number of aryl methyl sites for hydroxylation is 1. The summed E-state index contributed by atoms with van der Waals surface area (Å²) in [5.41, 5.74) is 3.91. The van der Waals surface area contributed by atoms with E-state index in [0.717, 1.165) is 28.4 Å². The number of hydrogen-bond acceptors (Lipinski definition) is 2. The molecule has 0 saturated carbocycles. The lowest BCUT2D eigenvalue weighted by Gasteiger charge is -2.21. The van der Waals surface area contributed by atoms with Crippen molar-refractivity contribution in [3.63, 3.8) is 0 Å². The van der Waals surface area contributed by atoms with Gasteiger partial charge in [-0.2, -0.15) is 5.26 Å². The molecule has 2 nitrogen and oxygen atoms in total. The van der Waals surface area contributed by atoms with Crippen molar-refractivity contribution in [2.45, 2.75) is 13.5 Å². The van der Waals surface area contributed by atoms with Crippen LogP contribution in [-0.2, 0) is 6.54 Å². The summed E-state index contributed by atoms with van der Waals surface area (Å²) in [6.07, 6.45) is 0. The van der Waals surface area contributed by atoms with Gasteiger partial charge < -0.3 is 4.90 Å². The van der Waals surface area contributed by atoms with Gasteiger partial charge in [0.05, 0.1) is 11.3 Å². The normalized spacial score (nSPS) is 10.0. The Bertz CT molecular complexity index is 629. The lowest BCUT2D eigenvalue weighted by Crippen LogP contribution is -2.17. The molecule has 96 valence electrons. The topological polar surface area (TPSA) is 27.0 Å². The Hall–Kier alpha value is -1.98. The minimum Gasteiger partial charge on any atom is -0.369 e. The van der Waals surface area contributed by atoms with Crippen LogP contribution in [0.2, 0.25) is 5.02 Å². The van der Waals surface area contributed by atoms with Crippen LogP contribution in [0.1, 0.15) is 16.7 Å². The summed E-state index contributed by atoms with van der Waals surface area (Å²) in [7, 11) is 1.98. The molecule has 0 spiro atoms. The Morgan fingerprint density at radius 1 is 1.21 bits per heavy atom. The van der Waals surface area contributed by atoms with Gasteiger partial charge in [0.1, 0.15) is 6.07 Å². The van der Waals surface area contributed by atoms with Crippen LogP contribution in [0.4, 0.5) is 5.69 Å². The monoisotopic (exact) mass is 270 g/mol. The van der Waals surface area contributed by atoms with Crippen LogP contribution in [0, 0.1) is 18.3 Å². The molecule has 0 N–H and O–H groups in total. The predicted octanol–water partition coefficient (Wildman–Crippen LogP) is 4.16. The lowest BCUT2D eigenvalue weighted by atomic mass is 10.1. The molecule has 0 bridgehead atoms. The van der Waals surface area contributed by atoms with Crippen molar-refractivity contribution in [1.82, 2.24) is 0 Å². The van der Waals surface area contributed by atoms with Gasteiger partial charge in [0.2, 0.25) is 0 Å². The van der Waals surface area contributed by atoms with Crippen molar-refractivity contribution in [3.8, 4) is 6.07 Å². The number of hydrogen-bond donors (Lipinski definition) is 0. The van der Waals surface area contributed by atoms with Crippen LogP contribution in [0.25, 0.3) is 0 Å². The van der Waals surface area contributed by atoms with Crippen molar-refractivity contribution < 1.29 is 0 Å². The summed E-state index contributed by atoms with van der Waals surface area (Å²) in [5.74, 6) is 0. The average Bonchev–Trinajstić information content (AvgIpc) is 2.38. The van der Waals surface area contributed by atoms with E-state index in [4.69, 9.17) is 11.6 Å². The van der Waals surface area contributed by atoms with Crippen molar-refractivity contribution in [2.24, 2.45) is 0 Å². The maximum absolute atomic E-state index is 9.17. The Balaban J connectivity index is 2.27. The van der Waals surface area contributed by atoms with E-state index in [0.29, 0.717) is 5.56 Å². The minimum absolute atomic E-state index is 0.690. The molecule has 2 aromatic carbocycles. The lowest BCUT2D eigenvalue weighted by molar-refractivity contribution is 0.920. The van der Waals surface area contributed by atoms with Gasteiger partial charge in [0.15, 0.2) is 0 Å². The zero-order chi connectivity index (χ0) is 13.8. The molecule has 0 heterocycles. The summed E-state index contributed by atoms with van der Waals surface area (Å²) in [4.78, 5) is 2.07. The Morgan fingerprint density at radius 3 is 2.68 bits per heavy atom. The largest absolute Gasteiger partial charge is 0.369 e. The van der Waals surface area contributed by atoms with Crippen LogP contribution in [0.15, 0.2) is 42.5 Å². The zero-order valence-electron chi connectivity index (χ0n) is 11.0. The fourth-order valence-electron chi connectivity index (χ4n) is 2.05. The summed E-state index contributed by atoms with van der Waals surface area (Å²) in [6.45, 7) is 2.75. The minimum atomic E-state index is 0.690. The molecule has 0 radical (unpaired) electrons. The Kier molecular flexibility index (Phi) is 4.09. The van der Waals surface area contributed by atoms with E-state index in [1.807, 2.05) is 56.4 Å². The summed E-state index contributed by atoms with van der Waals surface area (Å²) in [6, 6.07) is 15.9. The molecule has 0 aromatic heterocycles. The highest BCUT2D eigenvalue weighted by Crippen LogP contribution is 2.22. The number of nitriles is 1. The van der Waals surface area contributed by atoms with Crippen molar-refractivity contribution in [2.75, 3.05) is 11.9 Å². The molecular formula is C16H15ClN2. The van der Waals surface area contributed by atoms with Crippen LogP contribution in [0.3, 0.4) is 0 Å². The van der Waals surface area contributed by atoms with Gasteiger partial charge in [-0.05, 0) is 42.3 Å². The van der Waals surface area contributed by atoms with Crippen molar-refractivity contribution in [1.29, 1.82) is 5.26 Å². The first-order valence-electron chi connectivity index (χ1n) is 6.06. The van der Waals surface area contributed by atoms with E-state index in [-0.39, 0.29) is 0 Å². The first kappa shape index (κ1) is 13.5. The van der Waals surface area contributed by atoms with E-state index in [1.54, 1.807) is 0 Å². The van der Waals surface area contributed by atoms with Gasteiger partial charge in [-0.25, -0.2) is 0 Å². The van der Waals surface area contributed by atoms with Gasteiger partial charge in [0, 0.05) is 18.6 Å². The van der Waals surface area contributed by atoms with Crippen LogP contribution < -0.4 is 4.90 Å². The number of nitrogens with zero attached hydrogens (tertiary/aromatic N) is 2. The highest BCUT2D eigenvalue weighted by Gasteiger charge is 2.08. The molecular weight excluding hydrogens is 256 g/mol. The number of halogens is 1. The summed E-state index contributed by atoms with van der Waals surface area (Å²) >= 11 is 5.99. The molecule has 0 unspecified atom stereocenters. The van der Waals surface area contributed by atoms with Crippen LogP contribution in [0.5, 0.6) is 0 Å². The number of anilines is 1. The summed E-state index contributed by atoms with van der Waals surface area (Å²) < 4.78 is 0. The molecule has 2 aromatic rings. The molecule has 0 fully saturated rings. The van der Waals surface area contributed by atoms with Crippen LogP contribution >= 0.6 is 11.6 Å². The maximum Gasteiger partial charge on any atom is 0.101 e. The highest BCUT2D eigenvalue weighted by molar-refractivity contribution is 6.30. The van der Waals surface area contributed by atoms with E-state index in [1.165, 1.54) is 0 Å². The van der Waals surface area contributed by atoms with Crippen molar-refractivity contribution in [3.05, 3.63) is 64.2 Å². The maximum atomic E-state index is 9.17. The Labute approximate surface area is 118 Å². The van der Waals surface area contributed by atoms with Crippen LogP contribution in [-0.4, -0.2) is 7.05 Å². The standard InChI is InChI=1S/C16H15ClN2/c1-12-6-7-14(10-18)16(8-12)19(2)11-13-4-3-5-15(17)9-13/h3-9H,11H2,1-2H3. The molecule has 0 aliphatic heterocycles. The highest BCUT2D eigenvalue weighted by atomic mass is 35.5. The molecule has 0 atom stereocenters. The van der Waals surface area contributed by atoms with Gasteiger partial charge in [0.25, 0.3) is 0 Å². The second kappa shape index (κ2) is 5.77. The molecule has 0 aliphatic rings. The molecule has 19 heavy (non-hydrogen) atoms. The third kappa shape index (κ3) is 3.27. The average molecular weight is 271 g/mol. The van der Waals surface area contributed by atoms with E-state index in [9.17, 15) is 5.26 Å². The van der Waals surface area contributed by atoms with E-state index in [2.05, 4.69) is 11.0 Å². The molecule has 0 amide bonds. The first-order valence-corrected chi connectivity index (χ1v) is 6.44. The molecule has 0 aliphatic carbocycles. The summed E-state index contributed by atoms with van der Waals surface area (Å²) in [5, 5.41) is 9.90. The smallest absolute Gasteiger partial charge is 0.101 e. The Morgan fingerprint density at radius 2 is 2.00 bits per heavy atom. The molecule has 3 heteroatoms. The van der Waals surface area contributed by atoms with Gasteiger partial charge in [-0.1, -0.05) is 29.8 Å².